The fraction of sp³-hybridized carbons (Fsp3) is 0.500. The topological polar surface area (TPSA) is 58.6 Å². The highest BCUT2D eigenvalue weighted by Crippen LogP contribution is 2.29. The molecule has 0 atom stereocenters. The van der Waals surface area contributed by atoms with Crippen molar-refractivity contribution >= 4 is 26.0 Å². The molecule has 1 aliphatic rings. The normalized spacial score (nSPS) is 16.4. The maximum Gasteiger partial charge on any atom is 0.243 e. The van der Waals surface area contributed by atoms with Gasteiger partial charge in [0.05, 0.1) is 16.5 Å². The molecule has 0 unspecified atom stereocenters. The summed E-state index contributed by atoms with van der Waals surface area (Å²) < 4.78 is 32.5. The van der Waals surface area contributed by atoms with Crippen LogP contribution in [0.2, 0.25) is 0 Å². The van der Waals surface area contributed by atoms with Crippen molar-refractivity contribution in [1.29, 1.82) is 0 Å². The van der Waals surface area contributed by atoms with Gasteiger partial charge in [-0.25, -0.2) is 8.42 Å². The summed E-state index contributed by atoms with van der Waals surface area (Å²) in [7, 11) is -1.90. The summed E-state index contributed by atoms with van der Waals surface area (Å²) in [5, 5.41) is 3.09. The molecular formula is C12H17BrN2O3S. The first-order chi connectivity index (χ1) is 9.00. The van der Waals surface area contributed by atoms with E-state index in [1.807, 2.05) is 6.92 Å². The maximum atomic E-state index is 12.6. The minimum absolute atomic E-state index is 0.0517. The molecule has 1 fully saturated rings. The van der Waals surface area contributed by atoms with Gasteiger partial charge in [-0.3, -0.25) is 0 Å². The van der Waals surface area contributed by atoms with E-state index < -0.39 is 10.0 Å². The SMILES string of the molecule is CCN(C1CNC1)S(=O)(=O)c1ccc(OC)c(Br)c1. The lowest BCUT2D eigenvalue weighted by Crippen LogP contribution is -2.58. The molecule has 0 spiro atoms. The van der Waals surface area contributed by atoms with Gasteiger partial charge in [-0.05, 0) is 34.1 Å². The first-order valence-electron chi connectivity index (χ1n) is 6.06. The highest BCUT2D eigenvalue weighted by Gasteiger charge is 2.33. The minimum Gasteiger partial charge on any atom is -0.496 e. The molecule has 0 aromatic heterocycles. The number of sulfonamides is 1. The van der Waals surface area contributed by atoms with Gasteiger partial charge >= 0.3 is 0 Å². The lowest BCUT2D eigenvalue weighted by molar-refractivity contribution is 0.249. The predicted molar refractivity (Wildman–Crippen MR) is 76.9 cm³/mol. The van der Waals surface area contributed by atoms with Crippen LogP contribution in [-0.4, -0.2) is 45.5 Å². The van der Waals surface area contributed by atoms with Gasteiger partial charge in [-0.15, -0.1) is 0 Å². The highest BCUT2D eigenvalue weighted by atomic mass is 79.9. The molecule has 2 rings (SSSR count). The van der Waals surface area contributed by atoms with Gasteiger partial charge in [-0.2, -0.15) is 4.31 Å². The number of nitrogens with zero attached hydrogens (tertiary/aromatic N) is 1. The van der Waals surface area contributed by atoms with Gasteiger partial charge in [0.2, 0.25) is 10.0 Å². The molecule has 19 heavy (non-hydrogen) atoms. The number of hydrogen-bond donors (Lipinski definition) is 1. The van der Waals surface area contributed by atoms with Crippen LogP contribution in [0.3, 0.4) is 0 Å². The largest absolute Gasteiger partial charge is 0.496 e. The van der Waals surface area contributed by atoms with E-state index in [2.05, 4.69) is 21.2 Å². The molecule has 1 N–H and O–H groups in total. The average Bonchev–Trinajstić information content (AvgIpc) is 2.33. The lowest BCUT2D eigenvalue weighted by Gasteiger charge is -2.36. The molecule has 0 saturated carbocycles. The molecule has 0 aliphatic carbocycles. The summed E-state index contributed by atoms with van der Waals surface area (Å²) >= 11 is 3.32. The smallest absolute Gasteiger partial charge is 0.243 e. The van der Waals surface area contributed by atoms with E-state index >= 15 is 0 Å². The zero-order valence-electron chi connectivity index (χ0n) is 10.9. The van der Waals surface area contributed by atoms with Gasteiger partial charge in [0.1, 0.15) is 5.75 Å². The lowest BCUT2D eigenvalue weighted by atomic mass is 10.2. The average molecular weight is 349 g/mol. The van der Waals surface area contributed by atoms with Crippen LogP contribution in [-0.2, 0) is 10.0 Å². The second-order valence-electron chi connectivity index (χ2n) is 4.32. The van der Waals surface area contributed by atoms with Crippen LogP contribution < -0.4 is 10.1 Å². The van der Waals surface area contributed by atoms with Crippen molar-refractivity contribution in [2.75, 3.05) is 26.7 Å². The molecule has 5 nitrogen and oxygen atoms in total. The minimum atomic E-state index is -3.45. The quantitative estimate of drug-likeness (QED) is 0.874. The number of ether oxygens (including phenoxy) is 1. The Bertz CT molecular complexity index is 558. The van der Waals surface area contributed by atoms with Crippen LogP contribution >= 0.6 is 15.9 Å². The first-order valence-corrected chi connectivity index (χ1v) is 8.30. The van der Waals surface area contributed by atoms with E-state index in [0.717, 1.165) is 0 Å². The van der Waals surface area contributed by atoms with Crippen molar-refractivity contribution in [2.24, 2.45) is 0 Å². The Labute approximate surface area is 122 Å². The monoisotopic (exact) mass is 348 g/mol. The van der Waals surface area contributed by atoms with E-state index in [1.165, 1.54) is 4.31 Å². The number of halogens is 1. The first kappa shape index (κ1) is 14.8. The zero-order valence-corrected chi connectivity index (χ0v) is 13.3. The highest BCUT2D eigenvalue weighted by molar-refractivity contribution is 9.10. The molecule has 1 heterocycles. The van der Waals surface area contributed by atoms with Crippen LogP contribution in [0.1, 0.15) is 6.92 Å². The van der Waals surface area contributed by atoms with Crippen molar-refractivity contribution in [3.05, 3.63) is 22.7 Å². The fourth-order valence-electron chi connectivity index (χ4n) is 2.04. The Hall–Kier alpha value is -0.630. The van der Waals surface area contributed by atoms with E-state index in [4.69, 9.17) is 4.74 Å². The summed E-state index contributed by atoms with van der Waals surface area (Å²) in [6, 6.07) is 4.87. The number of hydrogen-bond acceptors (Lipinski definition) is 4. The summed E-state index contributed by atoms with van der Waals surface area (Å²) in [5.41, 5.74) is 0. The molecule has 0 radical (unpaired) electrons. The Morgan fingerprint density at radius 2 is 2.16 bits per heavy atom. The fourth-order valence-corrected chi connectivity index (χ4v) is 4.40. The molecule has 1 aromatic carbocycles. The van der Waals surface area contributed by atoms with E-state index in [1.54, 1.807) is 25.3 Å². The van der Waals surface area contributed by atoms with Gasteiger partial charge in [0.25, 0.3) is 0 Å². The Morgan fingerprint density at radius 1 is 1.47 bits per heavy atom. The van der Waals surface area contributed by atoms with Crippen molar-refractivity contribution in [3.63, 3.8) is 0 Å². The van der Waals surface area contributed by atoms with Crippen LogP contribution in [0.25, 0.3) is 0 Å². The molecular weight excluding hydrogens is 332 g/mol. The summed E-state index contributed by atoms with van der Waals surface area (Å²) in [4.78, 5) is 0.286. The molecule has 0 amide bonds. The number of nitrogens with one attached hydrogen (secondary N) is 1. The summed E-state index contributed by atoms with van der Waals surface area (Å²) in [5.74, 6) is 0.618. The van der Waals surface area contributed by atoms with Crippen molar-refractivity contribution in [1.82, 2.24) is 9.62 Å². The van der Waals surface area contributed by atoms with E-state index in [9.17, 15) is 8.42 Å². The summed E-state index contributed by atoms with van der Waals surface area (Å²) in [6.07, 6.45) is 0. The van der Waals surface area contributed by atoms with Gasteiger partial charge < -0.3 is 10.1 Å². The van der Waals surface area contributed by atoms with Crippen LogP contribution in [0.15, 0.2) is 27.6 Å². The molecule has 1 aromatic rings. The second-order valence-corrected chi connectivity index (χ2v) is 7.06. The van der Waals surface area contributed by atoms with Gasteiger partial charge in [-0.1, -0.05) is 6.92 Å². The number of methoxy groups -OCH3 is 1. The third-order valence-electron chi connectivity index (χ3n) is 3.21. The number of benzene rings is 1. The van der Waals surface area contributed by atoms with Crippen LogP contribution in [0.5, 0.6) is 5.75 Å². The Morgan fingerprint density at radius 3 is 2.58 bits per heavy atom. The van der Waals surface area contributed by atoms with Crippen molar-refractivity contribution < 1.29 is 13.2 Å². The van der Waals surface area contributed by atoms with Crippen LogP contribution in [0, 0.1) is 0 Å². The van der Waals surface area contributed by atoms with Gasteiger partial charge in [0.15, 0.2) is 0 Å². The van der Waals surface area contributed by atoms with Gasteiger partial charge in [0, 0.05) is 25.7 Å². The summed E-state index contributed by atoms with van der Waals surface area (Å²) in [6.45, 7) is 3.75. The molecule has 106 valence electrons. The Kier molecular flexibility index (Phi) is 4.50. The van der Waals surface area contributed by atoms with Crippen molar-refractivity contribution in [3.8, 4) is 5.75 Å². The van der Waals surface area contributed by atoms with Crippen molar-refractivity contribution in [2.45, 2.75) is 17.9 Å². The number of likely N-dealkylation sites (N-methyl/N-ethyl adjacent to an activating group) is 1. The molecule has 1 saturated heterocycles. The predicted octanol–water partition coefficient (Wildman–Crippen LogP) is 1.44. The number of rotatable bonds is 5. The maximum absolute atomic E-state index is 12.6. The zero-order chi connectivity index (χ0) is 14.0. The van der Waals surface area contributed by atoms with Crippen LogP contribution in [0.4, 0.5) is 0 Å². The third kappa shape index (κ3) is 2.79. The Balaban J connectivity index is 2.35. The standard InChI is InChI=1S/C12H17BrN2O3S/c1-3-15(9-7-14-8-9)19(16,17)10-4-5-12(18-2)11(13)6-10/h4-6,9,14H,3,7-8H2,1-2H3. The molecule has 1 aliphatic heterocycles. The third-order valence-corrected chi connectivity index (χ3v) is 5.85. The second kappa shape index (κ2) is 5.78. The molecule has 7 heteroatoms. The molecule has 0 bridgehead atoms. The van der Waals surface area contributed by atoms with E-state index in [0.29, 0.717) is 29.9 Å². The van der Waals surface area contributed by atoms with E-state index in [-0.39, 0.29) is 10.9 Å².